The molecule has 0 aromatic heterocycles. The highest BCUT2D eigenvalue weighted by molar-refractivity contribution is 9.11. The van der Waals surface area contributed by atoms with Gasteiger partial charge in [-0.3, -0.25) is 4.79 Å². The van der Waals surface area contributed by atoms with Gasteiger partial charge in [-0.1, -0.05) is 55.6 Å². The number of carbonyl (C=O) groups excluding carboxylic acids is 1. The fourth-order valence-corrected chi connectivity index (χ4v) is 4.41. The number of amides is 1. The highest BCUT2D eigenvalue weighted by Crippen LogP contribution is 2.41. The molecule has 1 atom stereocenters. The van der Waals surface area contributed by atoms with Crippen LogP contribution < -0.4 is 5.32 Å². The molecule has 0 aliphatic carbocycles. The van der Waals surface area contributed by atoms with Crippen LogP contribution in [-0.4, -0.2) is 5.91 Å². The van der Waals surface area contributed by atoms with Gasteiger partial charge < -0.3 is 5.32 Å². The predicted molar refractivity (Wildman–Crippen MR) is 88.7 cm³/mol. The molecule has 0 radical (unpaired) electrons. The van der Waals surface area contributed by atoms with Gasteiger partial charge in [0.25, 0.3) is 0 Å². The number of anilines is 1. The van der Waals surface area contributed by atoms with Crippen LogP contribution in [0.1, 0.15) is 21.5 Å². The van der Waals surface area contributed by atoms with Crippen molar-refractivity contribution in [1.29, 1.82) is 0 Å². The van der Waals surface area contributed by atoms with Crippen molar-refractivity contribution >= 4 is 55.1 Å². The Bertz CT molecular complexity index is 751. The molecule has 2 aromatic carbocycles. The number of rotatable bonds is 2. The van der Waals surface area contributed by atoms with E-state index in [0.29, 0.717) is 15.9 Å². The van der Waals surface area contributed by atoms with E-state index in [1.165, 1.54) is 12.1 Å². The van der Waals surface area contributed by atoms with Crippen LogP contribution in [0.4, 0.5) is 10.1 Å². The maximum absolute atomic E-state index is 13.2. The van der Waals surface area contributed by atoms with Crippen molar-refractivity contribution in [3.05, 3.63) is 62.3 Å². The highest BCUT2D eigenvalue weighted by Gasteiger charge is 2.23. The molecule has 0 bridgehead atoms. The number of fused-ring (bicyclic) bond motifs is 1. The molecule has 108 valence electrons. The zero-order valence-corrected chi connectivity index (χ0v) is 14.5. The van der Waals surface area contributed by atoms with E-state index in [0.717, 1.165) is 22.4 Å². The van der Waals surface area contributed by atoms with E-state index >= 15 is 0 Å². The number of carbonyl (C=O) groups is 1. The van der Waals surface area contributed by atoms with Crippen LogP contribution in [0.25, 0.3) is 0 Å². The summed E-state index contributed by atoms with van der Waals surface area (Å²) >= 11 is 13.3. The number of halogens is 4. The Kier molecular flexibility index (Phi) is 4.08. The van der Waals surface area contributed by atoms with Crippen LogP contribution in [0, 0.1) is 5.82 Å². The third-order valence-electron chi connectivity index (χ3n) is 3.36. The van der Waals surface area contributed by atoms with Gasteiger partial charge in [-0.15, -0.1) is 0 Å². The van der Waals surface area contributed by atoms with E-state index in [9.17, 15) is 9.18 Å². The van der Waals surface area contributed by atoms with E-state index < -0.39 is 0 Å². The molecular weight excluding hydrogens is 424 g/mol. The Morgan fingerprint density at radius 2 is 2.00 bits per heavy atom. The van der Waals surface area contributed by atoms with Crippen molar-refractivity contribution in [2.45, 2.75) is 11.2 Å². The molecule has 0 spiro atoms. The zero-order chi connectivity index (χ0) is 15.1. The van der Waals surface area contributed by atoms with Gasteiger partial charge in [0, 0.05) is 15.2 Å². The predicted octanol–water partition coefficient (Wildman–Crippen LogP) is 5.22. The summed E-state index contributed by atoms with van der Waals surface area (Å²) in [6, 6.07) is 8.18. The molecule has 1 aliphatic rings. The zero-order valence-electron chi connectivity index (χ0n) is 10.6. The Morgan fingerprint density at radius 3 is 2.71 bits per heavy atom. The van der Waals surface area contributed by atoms with Crippen molar-refractivity contribution in [3.63, 3.8) is 0 Å². The first-order chi connectivity index (χ1) is 9.95. The second kappa shape index (κ2) is 5.71. The largest absolute Gasteiger partial charge is 0.325 e. The molecule has 1 unspecified atom stereocenters. The third kappa shape index (κ3) is 2.87. The average molecular weight is 434 g/mol. The van der Waals surface area contributed by atoms with Gasteiger partial charge in [0.1, 0.15) is 5.82 Å². The molecule has 1 aliphatic heterocycles. The highest BCUT2D eigenvalue weighted by atomic mass is 79.9. The Labute approximate surface area is 142 Å². The molecule has 0 saturated heterocycles. The van der Waals surface area contributed by atoms with Crippen molar-refractivity contribution in [1.82, 2.24) is 0 Å². The summed E-state index contributed by atoms with van der Waals surface area (Å²) in [5.41, 5.74) is 3.39. The van der Waals surface area contributed by atoms with Crippen molar-refractivity contribution in [2.24, 2.45) is 0 Å². The molecular formula is C15H9Br2ClFNO. The summed E-state index contributed by atoms with van der Waals surface area (Å²) in [5.74, 6) is -0.340. The first-order valence-corrected chi connectivity index (χ1v) is 8.25. The molecule has 0 fully saturated rings. The first kappa shape index (κ1) is 15.0. The minimum atomic E-state index is -0.305. The van der Waals surface area contributed by atoms with Crippen LogP contribution in [0.3, 0.4) is 0 Å². The van der Waals surface area contributed by atoms with Crippen molar-refractivity contribution < 1.29 is 9.18 Å². The number of hydrogen-bond donors (Lipinski definition) is 1. The van der Waals surface area contributed by atoms with Crippen molar-refractivity contribution in [2.75, 3.05) is 5.32 Å². The summed E-state index contributed by atoms with van der Waals surface area (Å²) in [6.07, 6.45) is 0.351. The smallest absolute Gasteiger partial charge is 0.228 e. The van der Waals surface area contributed by atoms with E-state index in [1.807, 2.05) is 6.07 Å². The molecule has 1 heterocycles. The van der Waals surface area contributed by atoms with E-state index in [1.54, 1.807) is 12.1 Å². The van der Waals surface area contributed by atoms with Crippen LogP contribution in [0.5, 0.6) is 0 Å². The molecule has 1 N–H and O–H groups in total. The lowest BCUT2D eigenvalue weighted by Gasteiger charge is -2.16. The second-order valence-corrected chi connectivity index (χ2v) is 6.96. The lowest BCUT2D eigenvalue weighted by Crippen LogP contribution is -2.03. The van der Waals surface area contributed by atoms with Crippen LogP contribution in [0.15, 0.2) is 34.8 Å². The minimum absolute atomic E-state index is 0.0349. The number of alkyl halides is 1. The second-order valence-electron chi connectivity index (χ2n) is 4.78. The molecule has 6 heteroatoms. The van der Waals surface area contributed by atoms with Gasteiger partial charge in [-0.2, -0.15) is 0 Å². The van der Waals surface area contributed by atoms with Crippen LogP contribution in [0.2, 0.25) is 5.02 Å². The molecule has 1 amide bonds. The molecule has 2 nitrogen and oxygen atoms in total. The monoisotopic (exact) mass is 431 g/mol. The molecule has 3 rings (SSSR count). The summed E-state index contributed by atoms with van der Waals surface area (Å²) in [7, 11) is 0. The Balaban J connectivity index is 2.04. The van der Waals surface area contributed by atoms with Gasteiger partial charge in [0.15, 0.2) is 0 Å². The van der Waals surface area contributed by atoms with Gasteiger partial charge in [-0.05, 0) is 34.9 Å². The average Bonchev–Trinajstić information content (AvgIpc) is 2.76. The summed E-state index contributed by atoms with van der Waals surface area (Å²) < 4.78 is 13.9. The Morgan fingerprint density at radius 1 is 1.24 bits per heavy atom. The van der Waals surface area contributed by atoms with E-state index in [4.69, 9.17) is 11.6 Å². The van der Waals surface area contributed by atoms with Gasteiger partial charge in [0.05, 0.1) is 11.2 Å². The SMILES string of the molecule is O=C1Cc2cc(C(Br)c3ccc(F)cc3Br)c(Cl)cc2N1. The minimum Gasteiger partial charge on any atom is -0.325 e. The first-order valence-electron chi connectivity index (χ1n) is 6.17. The van der Waals surface area contributed by atoms with Gasteiger partial charge >= 0.3 is 0 Å². The lowest BCUT2D eigenvalue weighted by atomic mass is 10.0. The van der Waals surface area contributed by atoms with E-state index in [-0.39, 0.29) is 16.6 Å². The van der Waals surface area contributed by atoms with Crippen LogP contribution in [-0.2, 0) is 11.2 Å². The normalized spacial score (nSPS) is 14.8. The maximum Gasteiger partial charge on any atom is 0.228 e. The quantitative estimate of drug-likeness (QED) is 0.647. The maximum atomic E-state index is 13.2. The van der Waals surface area contributed by atoms with Crippen LogP contribution >= 0.6 is 43.5 Å². The Hall–Kier alpha value is -0.910. The van der Waals surface area contributed by atoms with Crippen molar-refractivity contribution in [3.8, 4) is 0 Å². The lowest BCUT2D eigenvalue weighted by molar-refractivity contribution is -0.115. The number of nitrogens with one attached hydrogen (secondary N) is 1. The number of benzene rings is 2. The topological polar surface area (TPSA) is 29.1 Å². The van der Waals surface area contributed by atoms with E-state index in [2.05, 4.69) is 37.2 Å². The fraction of sp³-hybridized carbons (Fsp3) is 0.133. The third-order valence-corrected chi connectivity index (χ3v) is 5.36. The summed E-state index contributed by atoms with van der Waals surface area (Å²) in [4.78, 5) is 11.2. The van der Waals surface area contributed by atoms with Gasteiger partial charge in [-0.25, -0.2) is 4.39 Å². The number of hydrogen-bond acceptors (Lipinski definition) is 1. The van der Waals surface area contributed by atoms with Gasteiger partial charge in [0.2, 0.25) is 5.91 Å². The molecule has 2 aromatic rings. The molecule has 0 saturated carbocycles. The molecule has 21 heavy (non-hydrogen) atoms. The summed E-state index contributed by atoms with van der Waals surface area (Å²) in [5, 5.41) is 3.32. The fourth-order valence-electron chi connectivity index (χ4n) is 2.34. The summed E-state index contributed by atoms with van der Waals surface area (Å²) in [6.45, 7) is 0. The standard InChI is InChI=1S/C15H9Br2ClFNO/c16-11-5-8(19)1-2-9(11)15(17)10-3-7-4-14(21)20-13(7)6-12(10)18/h1-3,5-6,15H,4H2,(H,20,21).